The summed E-state index contributed by atoms with van der Waals surface area (Å²) in [7, 11) is 0. The molecule has 5 nitrogen and oxygen atoms in total. The van der Waals surface area contributed by atoms with Gasteiger partial charge in [0.1, 0.15) is 11.9 Å². The zero-order chi connectivity index (χ0) is 10.6. The van der Waals surface area contributed by atoms with Gasteiger partial charge in [0.15, 0.2) is 0 Å². The molecule has 7 heteroatoms. The van der Waals surface area contributed by atoms with Gasteiger partial charge in [-0.25, -0.2) is 9.97 Å². The van der Waals surface area contributed by atoms with Gasteiger partial charge in [0.2, 0.25) is 5.28 Å². The third-order valence-electron chi connectivity index (χ3n) is 1.56. The number of nitro groups is 1. The lowest BCUT2D eigenvalue weighted by Gasteiger charge is -1.99. The molecule has 1 aromatic rings. The van der Waals surface area contributed by atoms with E-state index < -0.39 is 4.92 Å². The van der Waals surface area contributed by atoms with Crippen LogP contribution in [0.4, 0.5) is 5.69 Å². The van der Waals surface area contributed by atoms with Crippen molar-refractivity contribution < 1.29 is 4.92 Å². The van der Waals surface area contributed by atoms with Crippen LogP contribution in [0, 0.1) is 10.1 Å². The van der Waals surface area contributed by atoms with Crippen molar-refractivity contribution in [2.75, 3.05) is 5.88 Å². The fraction of sp³-hybridized carbons (Fsp3) is 0.429. The van der Waals surface area contributed by atoms with Crippen LogP contribution in [-0.2, 0) is 6.42 Å². The lowest BCUT2D eigenvalue weighted by molar-refractivity contribution is -0.386. The Morgan fingerprint density at radius 2 is 2.29 bits per heavy atom. The largest absolute Gasteiger partial charge is 0.308 e. The number of hydrogen-bond acceptors (Lipinski definition) is 4. The Kier molecular flexibility index (Phi) is 4.03. The minimum absolute atomic E-state index is 0.0140. The second-order valence-electron chi connectivity index (χ2n) is 2.52. The van der Waals surface area contributed by atoms with Crippen LogP contribution in [0.2, 0.25) is 5.28 Å². The van der Waals surface area contributed by atoms with Crippen molar-refractivity contribution >= 4 is 28.9 Å². The van der Waals surface area contributed by atoms with Crippen LogP contribution in [0.3, 0.4) is 0 Å². The molecule has 0 atom stereocenters. The van der Waals surface area contributed by atoms with Crippen molar-refractivity contribution in [3.63, 3.8) is 0 Å². The van der Waals surface area contributed by atoms with Crippen molar-refractivity contribution in [1.29, 1.82) is 0 Å². The number of hydrogen-bond donors (Lipinski definition) is 0. The molecule has 0 saturated carbocycles. The van der Waals surface area contributed by atoms with E-state index in [0.29, 0.717) is 24.4 Å². The lowest BCUT2D eigenvalue weighted by Crippen LogP contribution is -2.01. The topological polar surface area (TPSA) is 68.9 Å². The number of alkyl halides is 1. The molecule has 0 bridgehead atoms. The SMILES string of the molecule is O=[N+]([O-])c1cnc(Cl)nc1CCCCl. The third-order valence-corrected chi connectivity index (χ3v) is 2.01. The predicted molar refractivity (Wildman–Crippen MR) is 52.7 cm³/mol. The van der Waals surface area contributed by atoms with Crippen LogP contribution in [-0.4, -0.2) is 20.8 Å². The number of aromatic nitrogens is 2. The van der Waals surface area contributed by atoms with E-state index in [-0.39, 0.29) is 11.0 Å². The van der Waals surface area contributed by atoms with Gasteiger partial charge < -0.3 is 0 Å². The van der Waals surface area contributed by atoms with Gasteiger partial charge >= 0.3 is 5.69 Å². The number of halogens is 2. The molecular formula is C7H7Cl2N3O2. The van der Waals surface area contributed by atoms with E-state index in [1.165, 1.54) is 0 Å². The Bertz CT molecular complexity index is 346. The van der Waals surface area contributed by atoms with Gasteiger partial charge in [0.05, 0.1) is 4.92 Å². The van der Waals surface area contributed by atoms with Crippen molar-refractivity contribution in [3.05, 3.63) is 27.3 Å². The molecule has 0 radical (unpaired) electrons. The zero-order valence-electron chi connectivity index (χ0n) is 7.11. The summed E-state index contributed by atoms with van der Waals surface area (Å²) in [5.41, 5.74) is 0.218. The standard InChI is InChI=1S/C7H7Cl2N3O2/c8-3-1-2-5-6(12(13)14)4-10-7(9)11-5/h4H,1-3H2. The van der Waals surface area contributed by atoms with Gasteiger partial charge in [-0.2, -0.15) is 0 Å². The van der Waals surface area contributed by atoms with Gasteiger partial charge in [-0.1, -0.05) is 0 Å². The normalized spacial score (nSPS) is 10.1. The molecule has 14 heavy (non-hydrogen) atoms. The molecule has 76 valence electrons. The van der Waals surface area contributed by atoms with Crippen molar-refractivity contribution in [2.24, 2.45) is 0 Å². The number of rotatable bonds is 4. The summed E-state index contributed by atoms with van der Waals surface area (Å²) in [5.74, 6) is 0.429. The summed E-state index contributed by atoms with van der Waals surface area (Å²) >= 11 is 11.0. The monoisotopic (exact) mass is 235 g/mol. The molecule has 1 rings (SSSR count). The highest BCUT2D eigenvalue weighted by atomic mass is 35.5. The zero-order valence-corrected chi connectivity index (χ0v) is 8.62. The minimum atomic E-state index is -0.528. The minimum Gasteiger partial charge on any atom is -0.258 e. The van der Waals surface area contributed by atoms with E-state index in [2.05, 4.69) is 9.97 Å². The molecule has 0 aliphatic carbocycles. The molecule has 0 amide bonds. The van der Waals surface area contributed by atoms with Crippen LogP contribution in [0.1, 0.15) is 12.1 Å². The Balaban J connectivity index is 2.97. The molecular weight excluding hydrogens is 229 g/mol. The van der Waals surface area contributed by atoms with Crippen LogP contribution in [0.15, 0.2) is 6.20 Å². The molecule has 0 aromatic carbocycles. The Hall–Kier alpha value is -0.940. The highest BCUT2D eigenvalue weighted by Crippen LogP contribution is 2.18. The van der Waals surface area contributed by atoms with E-state index in [9.17, 15) is 10.1 Å². The van der Waals surface area contributed by atoms with Crippen molar-refractivity contribution in [2.45, 2.75) is 12.8 Å². The first-order valence-electron chi connectivity index (χ1n) is 3.87. The van der Waals surface area contributed by atoms with Gasteiger partial charge in [-0.3, -0.25) is 10.1 Å². The number of aryl methyl sites for hydroxylation is 1. The maximum atomic E-state index is 10.5. The van der Waals surface area contributed by atoms with Crippen LogP contribution < -0.4 is 0 Å². The third kappa shape index (κ3) is 2.78. The Morgan fingerprint density at radius 1 is 1.57 bits per heavy atom. The molecule has 0 N–H and O–H groups in total. The van der Waals surface area contributed by atoms with E-state index in [1.54, 1.807) is 0 Å². The molecule has 0 unspecified atom stereocenters. The van der Waals surface area contributed by atoms with Gasteiger partial charge in [0, 0.05) is 5.88 Å². The molecule has 0 saturated heterocycles. The van der Waals surface area contributed by atoms with Crippen LogP contribution in [0.5, 0.6) is 0 Å². The molecule has 1 aromatic heterocycles. The smallest absolute Gasteiger partial charge is 0.258 e. The fourth-order valence-electron chi connectivity index (χ4n) is 0.957. The van der Waals surface area contributed by atoms with E-state index >= 15 is 0 Å². The van der Waals surface area contributed by atoms with Crippen LogP contribution >= 0.6 is 23.2 Å². The molecule has 0 fully saturated rings. The lowest BCUT2D eigenvalue weighted by atomic mass is 10.2. The van der Waals surface area contributed by atoms with Gasteiger partial charge in [-0.15, -0.1) is 11.6 Å². The number of nitrogens with zero attached hydrogens (tertiary/aromatic N) is 3. The average molecular weight is 236 g/mol. The Morgan fingerprint density at radius 3 is 2.86 bits per heavy atom. The molecule has 0 aliphatic rings. The summed E-state index contributed by atoms with van der Waals surface area (Å²) in [4.78, 5) is 17.4. The van der Waals surface area contributed by atoms with E-state index in [0.717, 1.165) is 6.20 Å². The quantitative estimate of drug-likeness (QED) is 0.348. The van der Waals surface area contributed by atoms with Gasteiger partial charge in [-0.05, 0) is 24.4 Å². The molecule has 0 spiro atoms. The van der Waals surface area contributed by atoms with Crippen LogP contribution in [0.25, 0.3) is 0 Å². The van der Waals surface area contributed by atoms with Gasteiger partial charge in [0.25, 0.3) is 0 Å². The van der Waals surface area contributed by atoms with E-state index in [1.807, 2.05) is 0 Å². The summed E-state index contributed by atoms with van der Waals surface area (Å²) in [6, 6.07) is 0. The first kappa shape index (κ1) is 11.1. The second kappa shape index (κ2) is 5.07. The maximum Gasteiger partial charge on any atom is 0.308 e. The van der Waals surface area contributed by atoms with Crippen molar-refractivity contribution in [3.8, 4) is 0 Å². The highest BCUT2D eigenvalue weighted by Gasteiger charge is 2.15. The predicted octanol–water partition coefficient (Wildman–Crippen LogP) is 2.21. The van der Waals surface area contributed by atoms with Crippen molar-refractivity contribution in [1.82, 2.24) is 9.97 Å². The maximum absolute atomic E-state index is 10.5. The second-order valence-corrected chi connectivity index (χ2v) is 3.24. The summed E-state index contributed by atoms with van der Waals surface area (Å²) < 4.78 is 0. The summed E-state index contributed by atoms with van der Waals surface area (Å²) in [5, 5.41) is 10.6. The molecule has 0 aliphatic heterocycles. The first-order chi connectivity index (χ1) is 6.65. The first-order valence-corrected chi connectivity index (χ1v) is 4.78. The Labute approximate surface area is 90.2 Å². The average Bonchev–Trinajstić information content (AvgIpc) is 2.14. The molecule has 1 heterocycles. The van der Waals surface area contributed by atoms with E-state index in [4.69, 9.17) is 23.2 Å². The highest BCUT2D eigenvalue weighted by molar-refractivity contribution is 6.28. The summed E-state index contributed by atoms with van der Waals surface area (Å²) in [6.45, 7) is 0. The fourth-order valence-corrected chi connectivity index (χ4v) is 1.24. The summed E-state index contributed by atoms with van der Waals surface area (Å²) in [6.07, 6.45) is 2.16.